The van der Waals surface area contributed by atoms with Crippen LogP contribution >= 0.6 is 11.3 Å². The lowest BCUT2D eigenvalue weighted by atomic mass is 9.82. The predicted molar refractivity (Wildman–Crippen MR) is 138 cm³/mol. The topological polar surface area (TPSA) is 74.4 Å². The number of nitrogens with one attached hydrogen (secondary N) is 1. The molecule has 8 nitrogen and oxygen atoms in total. The zero-order valence-electron chi connectivity index (χ0n) is 20.7. The molecular formula is C26H34N4O4S. The normalized spacial score (nSPS) is 20.8. The lowest BCUT2D eigenvalue weighted by Crippen LogP contribution is -2.55. The van der Waals surface area contributed by atoms with Gasteiger partial charge in [-0.15, -0.1) is 11.3 Å². The summed E-state index contributed by atoms with van der Waals surface area (Å²) in [7, 11) is 3.31. The fourth-order valence-electron chi connectivity index (χ4n) is 5.88. The van der Waals surface area contributed by atoms with E-state index in [4.69, 9.17) is 9.47 Å². The van der Waals surface area contributed by atoms with Crippen molar-refractivity contribution in [3.8, 4) is 11.5 Å². The van der Waals surface area contributed by atoms with Gasteiger partial charge in [-0.05, 0) is 48.9 Å². The van der Waals surface area contributed by atoms with Gasteiger partial charge in [-0.25, -0.2) is 9.59 Å². The summed E-state index contributed by atoms with van der Waals surface area (Å²) < 4.78 is 11.2. The number of ether oxygens (including phenoxy) is 2. The van der Waals surface area contributed by atoms with Crippen molar-refractivity contribution in [2.45, 2.75) is 44.7 Å². The Morgan fingerprint density at radius 3 is 2.66 bits per heavy atom. The van der Waals surface area contributed by atoms with Gasteiger partial charge in [0, 0.05) is 44.3 Å². The van der Waals surface area contributed by atoms with E-state index < -0.39 is 5.54 Å². The van der Waals surface area contributed by atoms with E-state index in [1.807, 2.05) is 51.3 Å². The van der Waals surface area contributed by atoms with Gasteiger partial charge in [-0.3, -0.25) is 10.2 Å². The third-order valence-electron chi connectivity index (χ3n) is 7.54. The second-order valence-corrected chi connectivity index (χ2v) is 10.2. The molecule has 0 radical (unpaired) electrons. The highest BCUT2D eigenvalue weighted by molar-refractivity contribution is 7.14. The van der Waals surface area contributed by atoms with Crippen LogP contribution in [0.15, 0.2) is 41.4 Å². The largest absolute Gasteiger partial charge is 0.497 e. The number of amides is 4. The van der Waals surface area contributed by atoms with Gasteiger partial charge >= 0.3 is 12.1 Å². The van der Waals surface area contributed by atoms with Crippen molar-refractivity contribution in [3.05, 3.63) is 52.5 Å². The van der Waals surface area contributed by atoms with Crippen molar-refractivity contribution in [2.24, 2.45) is 0 Å². The third-order valence-corrected chi connectivity index (χ3v) is 8.33. The van der Waals surface area contributed by atoms with Gasteiger partial charge < -0.3 is 19.3 Å². The number of hydrogen-bond donors (Lipinski definition) is 1. The second-order valence-electron chi connectivity index (χ2n) is 9.28. The van der Waals surface area contributed by atoms with Crippen LogP contribution in [0.2, 0.25) is 0 Å². The average Bonchev–Trinajstić information content (AvgIpc) is 3.40. The number of thiophene rings is 1. The summed E-state index contributed by atoms with van der Waals surface area (Å²) in [6.07, 6.45) is 3.64. The molecule has 0 saturated carbocycles. The van der Waals surface area contributed by atoms with Crippen LogP contribution in [0.5, 0.6) is 11.5 Å². The number of anilines is 1. The number of likely N-dealkylation sites (tertiary alicyclic amines) is 1. The fraction of sp³-hybridized carbons (Fsp3) is 0.462. The minimum atomic E-state index is -0.417. The number of hydrogen-bond acceptors (Lipinski definition) is 5. The standard InChI is InChI=1S/C26H32N4O4S.H2/c1-5-30-25(32)29-16-18-14-19(33-3)15-20(34-4)23(18)17(2)13-21(29)26(30)8-10-28(11-9-26)24(31)27-22-7-6-12-35-22;/h6-7,12-15,17H,5,8-11,16H2,1-4H3,(H,27,31);1H/t17-;/m0./s1. The Labute approximate surface area is 211 Å². The van der Waals surface area contributed by atoms with Gasteiger partial charge in [-0.1, -0.05) is 13.0 Å². The molecule has 0 unspecified atom stereocenters. The van der Waals surface area contributed by atoms with E-state index in [9.17, 15) is 9.59 Å². The number of urea groups is 2. The monoisotopic (exact) mass is 498 g/mol. The van der Waals surface area contributed by atoms with Crippen molar-refractivity contribution < 1.29 is 20.5 Å². The van der Waals surface area contributed by atoms with E-state index in [2.05, 4.69) is 18.3 Å². The minimum absolute atomic E-state index is 0. The summed E-state index contributed by atoms with van der Waals surface area (Å²) in [6.45, 7) is 6.46. The number of methoxy groups -OCH3 is 2. The Hall–Kier alpha value is -3.20. The summed E-state index contributed by atoms with van der Waals surface area (Å²) in [5.74, 6) is 1.56. The Kier molecular flexibility index (Phi) is 6.13. The molecule has 188 valence electrons. The molecule has 2 fully saturated rings. The Morgan fingerprint density at radius 1 is 1.26 bits per heavy atom. The number of carbonyl (C=O) groups is 2. The number of piperidine rings is 1. The Balaban J connectivity index is 0.00000304. The van der Waals surface area contributed by atoms with Crippen LogP contribution in [-0.4, -0.2) is 66.2 Å². The molecule has 0 aliphatic carbocycles. The van der Waals surface area contributed by atoms with Crippen LogP contribution in [0.3, 0.4) is 0 Å². The lowest BCUT2D eigenvalue weighted by Gasteiger charge is -2.44. The maximum absolute atomic E-state index is 13.7. The van der Waals surface area contributed by atoms with Crippen LogP contribution in [0.25, 0.3) is 0 Å². The van der Waals surface area contributed by atoms with E-state index >= 15 is 0 Å². The van der Waals surface area contributed by atoms with Crippen LogP contribution in [0.4, 0.5) is 14.6 Å². The summed E-state index contributed by atoms with van der Waals surface area (Å²) in [5, 5.41) is 5.78. The van der Waals surface area contributed by atoms with Gasteiger partial charge in [0.2, 0.25) is 0 Å². The molecule has 1 N–H and O–H groups in total. The summed E-state index contributed by atoms with van der Waals surface area (Å²) in [5.41, 5.74) is 2.76. The van der Waals surface area contributed by atoms with Crippen LogP contribution in [0, 0.1) is 0 Å². The highest BCUT2D eigenvalue weighted by Crippen LogP contribution is 2.49. The molecule has 0 bridgehead atoms. The molecule has 5 rings (SSSR count). The van der Waals surface area contributed by atoms with Crippen molar-refractivity contribution in [3.63, 3.8) is 0 Å². The van der Waals surface area contributed by atoms with Gasteiger partial charge in [-0.2, -0.15) is 0 Å². The average molecular weight is 499 g/mol. The molecule has 9 heteroatoms. The zero-order valence-corrected chi connectivity index (χ0v) is 21.5. The lowest BCUT2D eigenvalue weighted by molar-refractivity contribution is 0.106. The number of fused-ring (bicyclic) bond motifs is 3. The van der Waals surface area contributed by atoms with Crippen molar-refractivity contribution >= 4 is 28.4 Å². The summed E-state index contributed by atoms with van der Waals surface area (Å²) in [4.78, 5) is 32.3. The first kappa shape index (κ1) is 23.5. The van der Waals surface area contributed by atoms with Crippen LogP contribution in [0.1, 0.15) is 45.2 Å². The van der Waals surface area contributed by atoms with Crippen LogP contribution < -0.4 is 14.8 Å². The Morgan fingerprint density at radius 2 is 2.03 bits per heavy atom. The number of allylic oxidation sites excluding steroid dienone is 1. The number of carbonyl (C=O) groups excluding carboxylic acids is 2. The second kappa shape index (κ2) is 9.11. The molecule has 4 amide bonds. The molecular weight excluding hydrogens is 464 g/mol. The van der Waals surface area contributed by atoms with Crippen molar-refractivity contribution in [2.75, 3.05) is 39.2 Å². The molecule has 1 spiro atoms. The Bertz CT molecular complexity index is 1160. The molecule has 1 atom stereocenters. The quantitative estimate of drug-likeness (QED) is 0.618. The third kappa shape index (κ3) is 3.82. The number of rotatable bonds is 4. The van der Waals surface area contributed by atoms with Crippen molar-refractivity contribution in [1.82, 2.24) is 14.7 Å². The maximum Gasteiger partial charge on any atom is 0.325 e. The maximum atomic E-state index is 13.7. The predicted octanol–water partition coefficient (Wildman–Crippen LogP) is 5.34. The first-order valence-electron chi connectivity index (χ1n) is 12.1. The first-order valence-corrected chi connectivity index (χ1v) is 13.0. The van der Waals surface area contributed by atoms with E-state index in [-0.39, 0.29) is 19.4 Å². The zero-order chi connectivity index (χ0) is 24.7. The highest BCUT2D eigenvalue weighted by Gasteiger charge is 2.55. The first-order chi connectivity index (χ1) is 16.9. The van der Waals surface area contributed by atoms with E-state index in [0.29, 0.717) is 39.0 Å². The molecule has 1 aromatic carbocycles. The highest BCUT2D eigenvalue weighted by atomic mass is 32.1. The van der Waals surface area contributed by atoms with Gasteiger partial charge in [0.05, 0.1) is 31.3 Å². The smallest absolute Gasteiger partial charge is 0.325 e. The van der Waals surface area contributed by atoms with Crippen LogP contribution in [-0.2, 0) is 6.54 Å². The minimum Gasteiger partial charge on any atom is -0.497 e. The van der Waals surface area contributed by atoms with E-state index in [1.165, 1.54) is 11.3 Å². The number of likely N-dealkylation sites (N-methyl/N-ethyl adjacent to an activating group) is 1. The van der Waals surface area contributed by atoms with Crippen molar-refractivity contribution in [1.29, 1.82) is 0 Å². The summed E-state index contributed by atoms with van der Waals surface area (Å²) >= 11 is 1.51. The van der Waals surface area contributed by atoms with Gasteiger partial charge in [0.1, 0.15) is 11.5 Å². The van der Waals surface area contributed by atoms with Gasteiger partial charge in [0.15, 0.2) is 0 Å². The number of benzene rings is 1. The molecule has 35 heavy (non-hydrogen) atoms. The van der Waals surface area contributed by atoms with E-state index in [1.54, 1.807) is 14.2 Å². The number of nitrogens with zero attached hydrogens (tertiary/aromatic N) is 3. The fourth-order valence-corrected chi connectivity index (χ4v) is 6.49. The van der Waals surface area contributed by atoms with Gasteiger partial charge in [0.25, 0.3) is 0 Å². The molecule has 4 heterocycles. The molecule has 1 aromatic heterocycles. The SMILES string of the molecule is CCN1C(=O)N2Cc3cc(OC)cc(OC)c3[C@@H](C)C=C2C12CCN(C(=O)Nc1cccs1)CC2.[HH]. The molecule has 3 aliphatic heterocycles. The van der Waals surface area contributed by atoms with E-state index in [0.717, 1.165) is 33.3 Å². The summed E-state index contributed by atoms with van der Waals surface area (Å²) in [6, 6.07) is 7.68. The molecule has 2 aromatic rings. The molecule has 3 aliphatic rings. The molecule has 2 saturated heterocycles.